The third kappa shape index (κ3) is 5.47. The molecule has 0 atom stereocenters. The molecule has 1 aromatic rings. The van der Waals surface area contributed by atoms with Crippen molar-refractivity contribution in [1.29, 1.82) is 0 Å². The Labute approximate surface area is 123 Å². The maximum absolute atomic E-state index is 12.2. The second-order valence-corrected chi connectivity index (χ2v) is 7.65. The lowest BCUT2D eigenvalue weighted by Gasteiger charge is -2.23. The van der Waals surface area contributed by atoms with Gasteiger partial charge in [0.15, 0.2) is 0 Å². The van der Waals surface area contributed by atoms with Crippen LogP contribution in [-0.4, -0.2) is 15.0 Å². The summed E-state index contributed by atoms with van der Waals surface area (Å²) in [7, 11) is -3.41. The first-order valence-corrected chi connectivity index (χ1v) is 8.46. The molecule has 3 nitrogen and oxygen atoms in total. The third-order valence-electron chi connectivity index (χ3n) is 3.14. The van der Waals surface area contributed by atoms with E-state index in [9.17, 15) is 8.42 Å². The van der Waals surface area contributed by atoms with Gasteiger partial charge in [-0.05, 0) is 37.3 Å². The lowest BCUT2D eigenvalue weighted by molar-refractivity contribution is 0.368. The van der Waals surface area contributed by atoms with E-state index in [-0.39, 0.29) is 5.41 Å². The third-order valence-corrected chi connectivity index (χ3v) is 4.56. The maximum atomic E-state index is 12.2. The molecule has 0 unspecified atom stereocenters. The number of allylic oxidation sites excluding steroid dienone is 2. The summed E-state index contributed by atoms with van der Waals surface area (Å²) in [6, 6.07) is 6.90. The van der Waals surface area contributed by atoms with Crippen LogP contribution < -0.4 is 4.72 Å². The largest absolute Gasteiger partial charge is 0.240 e. The number of rotatable bonds is 7. The Hall–Kier alpha value is -1.13. The van der Waals surface area contributed by atoms with Gasteiger partial charge in [-0.25, -0.2) is 13.1 Å². The second-order valence-electron chi connectivity index (χ2n) is 5.89. The quantitative estimate of drug-likeness (QED) is 0.780. The predicted molar refractivity (Wildman–Crippen MR) is 84.2 cm³/mol. The summed E-state index contributed by atoms with van der Waals surface area (Å²) in [4.78, 5) is 0.322. The molecule has 20 heavy (non-hydrogen) atoms. The molecule has 112 valence electrons. The first kappa shape index (κ1) is 16.9. The standard InChI is InChI=1S/C16H25NO2S/c1-5-6-7-12-16(3,4)13-17-20(18,19)15-10-8-14(2)9-11-15/h6-11,17H,5,12-13H2,1-4H3/b7-6+. The Balaban J connectivity index is 2.67. The molecule has 0 aliphatic rings. The van der Waals surface area contributed by atoms with Crippen molar-refractivity contribution in [2.24, 2.45) is 5.41 Å². The highest BCUT2D eigenvalue weighted by atomic mass is 32.2. The van der Waals surface area contributed by atoms with Gasteiger partial charge in [-0.2, -0.15) is 0 Å². The molecule has 0 aliphatic carbocycles. The number of hydrogen-bond donors (Lipinski definition) is 1. The minimum atomic E-state index is -3.41. The van der Waals surface area contributed by atoms with Crippen LogP contribution >= 0.6 is 0 Å². The molecule has 0 radical (unpaired) electrons. The first-order chi connectivity index (χ1) is 9.27. The van der Waals surface area contributed by atoms with Crippen LogP contribution in [0.15, 0.2) is 41.3 Å². The van der Waals surface area contributed by atoms with Crippen LogP contribution in [0.2, 0.25) is 0 Å². The van der Waals surface area contributed by atoms with Crippen molar-refractivity contribution in [1.82, 2.24) is 4.72 Å². The van der Waals surface area contributed by atoms with E-state index in [1.165, 1.54) is 0 Å². The molecule has 1 N–H and O–H groups in total. The molecular weight excluding hydrogens is 270 g/mol. The van der Waals surface area contributed by atoms with E-state index in [1.807, 2.05) is 19.1 Å². The average molecular weight is 295 g/mol. The van der Waals surface area contributed by atoms with Crippen LogP contribution in [0.4, 0.5) is 0 Å². The summed E-state index contributed by atoms with van der Waals surface area (Å²) in [5.41, 5.74) is 0.956. The fraction of sp³-hybridized carbons (Fsp3) is 0.500. The predicted octanol–water partition coefficient (Wildman–Crippen LogP) is 3.66. The topological polar surface area (TPSA) is 46.2 Å². The summed E-state index contributed by atoms with van der Waals surface area (Å²) in [6.45, 7) is 8.57. The summed E-state index contributed by atoms with van der Waals surface area (Å²) >= 11 is 0. The molecule has 0 heterocycles. The van der Waals surface area contributed by atoms with Crippen molar-refractivity contribution in [3.8, 4) is 0 Å². The monoisotopic (exact) mass is 295 g/mol. The summed E-state index contributed by atoms with van der Waals surface area (Å²) < 4.78 is 27.1. The highest BCUT2D eigenvalue weighted by Gasteiger charge is 2.21. The van der Waals surface area contributed by atoms with Gasteiger partial charge >= 0.3 is 0 Å². The SMILES string of the molecule is CC/C=C/CC(C)(C)CNS(=O)(=O)c1ccc(C)cc1. The molecule has 1 aromatic carbocycles. The minimum Gasteiger partial charge on any atom is -0.211 e. The molecule has 1 rings (SSSR count). The van der Waals surface area contributed by atoms with Gasteiger partial charge in [-0.1, -0.05) is 50.6 Å². The van der Waals surface area contributed by atoms with Crippen LogP contribution in [-0.2, 0) is 10.0 Å². The molecule has 0 bridgehead atoms. The number of nitrogens with one attached hydrogen (secondary N) is 1. The van der Waals surface area contributed by atoms with Gasteiger partial charge in [-0.15, -0.1) is 0 Å². The van der Waals surface area contributed by atoms with Crippen LogP contribution in [0.25, 0.3) is 0 Å². The summed E-state index contributed by atoms with van der Waals surface area (Å²) in [5.74, 6) is 0. The van der Waals surface area contributed by atoms with Crippen molar-refractivity contribution in [2.45, 2.75) is 45.4 Å². The molecule has 0 spiro atoms. The van der Waals surface area contributed by atoms with Gasteiger partial charge in [0, 0.05) is 6.54 Å². The molecule has 0 aliphatic heterocycles. The maximum Gasteiger partial charge on any atom is 0.240 e. The van der Waals surface area contributed by atoms with Gasteiger partial charge < -0.3 is 0 Å². The Morgan fingerprint density at radius 3 is 2.30 bits per heavy atom. The highest BCUT2D eigenvalue weighted by Crippen LogP contribution is 2.21. The van der Waals surface area contributed by atoms with Crippen LogP contribution in [0, 0.1) is 12.3 Å². The van der Waals surface area contributed by atoms with E-state index in [0.717, 1.165) is 18.4 Å². The van der Waals surface area contributed by atoms with E-state index in [0.29, 0.717) is 11.4 Å². The van der Waals surface area contributed by atoms with Crippen molar-refractivity contribution < 1.29 is 8.42 Å². The van der Waals surface area contributed by atoms with Gasteiger partial charge in [0.05, 0.1) is 4.90 Å². The van der Waals surface area contributed by atoms with E-state index < -0.39 is 10.0 Å². The smallest absolute Gasteiger partial charge is 0.211 e. The van der Waals surface area contributed by atoms with Gasteiger partial charge in [0.25, 0.3) is 0 Å². The molecule has 0 saturated carbocycles. The van der Waals surface area contributed by atoms with Gasteiger partial charge in [-0.3, -0.25) is 0 Å². The number of aryl methyl sites for hydroxylation is 1. The van der Waals surface area contributed by atoms with Crippen molar-refractivity contribution in [3.05, 3.63) is 42.0 Å². The van der Waals surface area contributed by atoms with E-state index in [4.69, 9.17) is 0 Å². The van der Waals surface area contributed by atoms with Crippen LogP contribution in [0.5, 0.6) is 0 Å². The summed E-state index contributed by atoms with van der Waals surface area (Å²) in [5, 5.41) is 0. The zero-order valence-corrected chi connectivity index (χ0v) is 13.6. The van der Waals surface area contributed by atoms with Crippen LogP contribution in [0.1, 0.15) is 39.2 Å². The number of hydrogen-bond acceptors (Lipinski definition) is 2. The fourth-order valence-corrected chi connectivity index (χ4v) is 2.97. The van der Waals surface area contributed by atoms with Crippen molar-refractivity contribution >= 4 is 10.0 Å². The Morgan fingerprint density at radius 2 is 1.75 bits per heavy atom. The van der Waals surface area contributed by atoms with E-state index in [2.05, 4.69) is 37.6 Å². The molecule has 0 aromatic heterocycles. The minimum absolute atomic E-state index is 0.0938. The lowest BCUT2D eigenvalue weighted by Crippen LogP contribution is -2.33. The zero-order valence-electron chi connectivity index (χ0n) is 12.8. The molecule has 4 heteroatoms. The lowest BCUT2D eigenvalue weighted by atomic mass is 9.89. The van der Waals surface area contributed by atoms with Gasteiger partial charge in [0.2, 0.25) is 10.0 Å². The first-order valence-electron chi connectivity index (χ1n) is 6.98. The Bertz CT molecular complexity index is 542. The van der Waals surface area contributed by atoms with Crippen molar-refractivity contribution in [3.63, 3.8) is 0 Å². The molecule has 0 saturated heterocycles. The fourth-order valence-electron chi connectivity index (χ4n) is 1.73. The normalized spacial score (nSPS) is 13.0. The Morgan fingerprint density at radius 1 is 1.15 bits per heavy atom. The second kappa shape index (κ2) is 7.04. The molecule has 0 fully saturated rings. The Kier molecular flexibility index (Phi) is 5.96. The zero-order chi connectivity index (χ0) is 15.2. The molecular formula is C16H25NO2S. The number of benzene rings is 1. The van der Waals surface area contributed by atoms with E-state index >= 15 is 0 Å². The van der Waals surface area contributed by atoms with Crippen molar-refractivity contribution in [2.75, 3.05) is 6.54 Å². The highest BCUT2D eigenvalue weighted by molar-refractivity contribution is 7.89. The van der Waals surface area contributed by atoms with Crippen LogP contribution in [0.3, 0.4) is 0 Å². The average Bonchev–Trinajstić information content (AvgIpc) is 2.37. The number of sulfonamides is 1. The summed E-state index contributed by atoms with van der Waals surface area (Å²) in [6.07, 6.45) is 6.08. The van der Waals surface area contributed by atoms with Gasteiger partial charge in [0.1, 0.15) is 0 Å². The molecule has 0 amide bonds. The van der Waals surface area contributed by atoms with E-state index in [1.54, 1.807) is 12.1 Å².